The standard InChI is InChI=1S/C22H26N4O4/c1-13-9-14(2)21(15(3)10-13)24-20(27)12-25(4)22(28)16-5-8-18(23-17-6-7-17)19(11-16)26(29)30/h5,8-11,17,23H,6-7,12H2,1-4H3,(H,24,27). The Balaban J connectivity index is 1.70. The normalized spacial score (nSPS) is 12.9. The van der Waals surface area contributed by atoms with E-state index in [1.165, 1.54) is 18.0 Å². The lowest BCUT2D eigenvalue weighted by Crippen LogP contribution is -2.35. The number of rotatable bonds is 7. The fourth-order valence-electron chi connectivity index (χ4n) is 3.45. The average molecular weight is 410 g/mol. The van der Waals surface area contributed by atoms with Gasteiger partial charge in [-0.15, -0.1) is 0 Å². The van der Waals surface area contributed by atoms with Gasteiger partial charge in [-0.3, -0.25) is 19.7 Å². The van der Waals surface area contributed by atoms with Crippen LogP contribution in [-0.2, 0) is 4.79 Å². The number of hydrogen-bond donors (Lipinski definition) is 2. The average Bonchev–Trinajstić information content (AvgIpc) is 3.48. The first kappa shape index (κ1) is 21.3. The third-order valence-electron chi connectivity index (χ3n) is 5.05. The topological polar surface area (TPSA) is 105 Å². The van der Waals surface area contributed by atoms with Crippen LogP contribution in [-0.4, -0.2) is 41.3 Å². The van der Waals surface area contributed by atoms with Crippen LogP contribution >= 0.6 is 0 Å². The number of nitrogens with one attached hydrogen (secondary N) is 2. The van der Waals surface area contributed by atoms with Crippen LogP contribution in [0.1, 0.15) is 39.9 Å². The monoisotopic (exact) mass is 410 g/mol. The number of amides is 2. The van der Waals surface area contributed by atoms with Crippen molar-refractivity contribution in [3.8, 4) is 0 Å². The number of nitro benzene ring substituents is 1. The molecule has 2 amide bonds. The third kappa shape index (κ3) is 4.94. The molecular weight excluding hydrogens is 384 g/mol. The van der Waals surface area contributed by atoms with Crippen molar-refractivity contribution < 1.29 is 14.5 Å². The molecule has 2 N–H and O–H groups in total. The molecule has 0 bridgehead atoms. The molecule has 8 heteroatoms. The molecule has 1 aliphatic rings. The molecule has 0 spiro atoms. The molecule has 0 heterocycles. The Morgan fingerprint density at radius 3 is 2.33 bits per heavy atom. The summed E-state index contributed by atoms with van der Waals surface area (Å²) in [5.41, 5.74) is 4.17. The van der Waals surface area contributed by atoms with Gasteiger partial charge in [-0.2, -0.15) is 0 Å². The SMILES string of the molecule is Cc1cc(C)c(NC(=O)CN(C)C(=O)c2ccc(NC3CC3)c([N+](=O)[O-])c2)c(C)c1. The number of nitrogens with zero attached hydrogens (tertiary/aromatic N) is 2. The fraction of sp³-hybridized carbons (Fsp3) is 0.364. The van der Waals surface area contributed by atoms with E-state index in [1.807, 2.05) is 32.9 Å². The summed E-state index contributed by atoms with van der Waals surface area (Å²) in [7, 11) is 1.50. The zero-order valence-electron chi connectivity index (χ0n) is 17.6. The van der Waals surface area contributed by atoms with E-state index < -0.39 is 10.8 Å². The summed E-state index contributed by atoms with van der Waals surface area (Å²) in [5, 5.41) is 17.4. The third-order valence-corrected chi connectivity index (χ3v) is 5.05. The molecule has 158 valence electrons. The van der Waals surface area contributed by atoms with Crippen molar-refractivity contribution in [3.63, 3.8) is 0 Å². The molecule has 8 nitrogen and oxygen atoms in total. The van der Waals surface area contributed by atoms with Crippen LogP contribution in [0.4, 0.5) is 17.1 Å². The lowest BCUT2D eigenvalue weighted by molar-refractivity contribution is -0.384. The largest absolute Gasteiger partial charge is 0.377 e. The Labute approximate surface area is 175 Å². The zero-order chi connectivity index (χ0) is 22.0. The lowest BCUT2D eigenvalue weighted by Gasteiger charge is -2.19. The second-order valence-electron chi connectivity index (χ2n) is 7.89. The highest BCUT2D eigenvalue weighted by Crippen LogP contribution is 2.31. The molecule has 2 aromatic carbocycles. The van der Waals surface area contributed by atoms with E-state index in [0.717, 1.165) is 35.2 Å². The Morgan fingerprint density at radius 1 is 1.13 bits per heavy atom. The summed E-state index contributed by atoms with van der Waals surface area (Å²) in [6.07, 6.45) is 1.96. The Bertz CT molecular complexity index is 991. The quantitative estimate of drug-likeness (QED) is 0.534. The van der Waals surface area contributed by atoms with E-state index in [2.05, 4.69) is 10.6 Å². The van der Waals surface area contributed by atoms with Crippen molar-refractivity contribution in [2.24, 2.45) is 0 Å². The van der Waals surface area contributed by atoms with Crippen molar-refractivity contribution >= 4 is 28.9 Å². The number of carbonyl (C=O) groups is 2. The van der Waals surface area contributed by atoms with E-state index in [1.54, 1.807) is 12.1 Å². The van der Waals surface area contributed by atoms with Gasteiger partial charge in [0.05, 0.1) is 11.5 Å². The molecule has 0 aromatic heterocycles. The summed E-state index contributed by atoms with van der Waals surface area (Å²) >= 11 is 0. The molecular formula is C22H26N4O4. The highest BCUT2D eigenvalue weighted by molar-refractivity contribution is 6.00. The minimum Gasteiger partial charge on any atom is -0.377 e. The molecule has 30 heavy (non-hydrogen) atoms. The van der Waals surface area contributed by atoms with Gasteiger partial charge in [-0.1, -0.05) is 17.7 Å². The highest BCUT2D eigenvalue weighted by Gasteiger charge is 2.26. The first-order chi connectivity index (χ1) is 14.2. The minimum atomic E-state index is -0.503. The summed E-state index contributed by atoms with van der Waals surface area (Å²) in [4.78, 5) is 37.4. The minimum absolute atomic E-state index is 0.142. The van der Waals surface area contributed by atoms with Gasteiger partial charge in [-0.25, -0.2) is 0 Å². The highest BCUT2D eigenvalue weighted by atomic mass is 16.6. The van der Waals surface area contributed by atoms with Crippen LogP contribution in [0.3, 0.4) is 0 Å². The van der Waals surface area contributed by atoms with Crippen LogP contribution in [0, 0.1) is 30.9 Å². The summed E-state index contributed by atoms with van der Waals surface area (Å²) in [6, 6.07) is 8.57. The van der Waals surface area contributed by atoms with Crippen molar-refractivity contribution in [2.75, 3.05) is 24.2 Å². The molecule has 0 atom stereocenters. The van der Waals surface area contributed by atoms with E-state index in [-0.39, 0.29) is 29.7 Å². The predicted octanol–water partition coefficient (Wildman–Crippen LogP) is 3.81. The number of aryl methyl sites for hydroxylation is 3. The summed E-state index contributed by atoms with van der Waals surface area (Å²) in [5.74, 6) is -0.786. The maximum atomic E-state index is 12.7. The summed E-state index contributed by atoms with van der Waals surface area (Å²) in [6.45, 7) is 5.66. The molecule has 2 aromatic rings. The van der Waals surface area contributed by atoms with Crippen molar-refractivity contribution in [1.29, 1.82) is 0 Å². The Morgan fingerprint density at radius 2 is 1.77 bits per heavy atom. The first-order valence-corrected chi connectivity index (χ1v) is 9.84. The van der Waals surface area contributed by atoms with Crippen LogP contribution in [0.2, 0.25) is 0 Å². The number of carbonyl (C=O) groups excluding carboxylic acids is 2. The van der Waals surface area contributed by atoms with E-state index in [0.29, 0.717) is 5.69 Å². The van der Waals surface area contributed by atoms with E-state index >= 15 is 0 Å². The molecule has 0 unspecified atom stereocenters. The predicted molar refractivity (Wildman–Crippen MR) is 116 cm³/mol. The van der Waals surface area contributed by atoms with Gasteiger partial charge in [0.15, 0.2) is 0 Å². The lowest BCUT2D eigenvalue weighted by atomic mass is 10.1. The Kier molecular flexibility index (Phi) is 6.05. The number of anilines is 2. The van der Waals surface area contributed by atoms with Gasteiger partial charge in [0.1, 0.15) is 5.69 Å². The zero-order valence-corrected chi connectivity index (χ0v) is 17.6. The molecule has 0 radical (unpaired) electrons. The number of nitro groups is 1. The van der Waals surface area contributed by atoms with E-state index in [4.69, 9.17) is 0 Å². The summed E-state index contributed by atoms with van der Waals surface area (Å²) < 4.78 is 0. The van der Waals surface area contributed by atoms with Crippen molar-refractivity contribution in [1.82, 2.24) is 4.90 Å². The van der Waals surface area contributed by atoms with E-state index in [9.17, 15) is 19.7 Å². The number of likely N-dealkylation sites (N-methyl/N-ethyl adjacent to an activating group) is 1. The van der Waals surface area contributed by atoms with Gasteiger partial charge >= 0.3 is 0 Å². The van der Waals surface area contributed by atoms with Crippen molar-refractivity contribution in [2.45, 2.75) is 39.7 Å². The van der Waals surface area contributed by atoms with Crippen LogP contribution in [0.15, 0.2) is 30.3 Å². The molecule has 0 saturated heterocycles. The fourth-order valence-corrected chi connectivity index (χ4v) is 3.45. The second kappa shape index (κ2) is 8.52. The van der Waals surface area contributed by atoms with Gasteiger partial charge < -0.3 is 15.5 Å². The molecule has 1 fully saturated rings. The van der Waals surface area contributed by atoms with Crippen LogP contribution in [0.5, 0.6) is 0 Å². The molecule has 1 saturated carbocycles. The Hall–Kier alpha value is -3.42. The van der Waals surface area contributed by atoms with Crippen molar-refractivity contribution in [3.05, 3.63) is 62.7 Å². The van der Waals surface area contributed by atoms with Gasteiger partial charge in [0.25, 0.3) is 11.6 Å². The maximum absolute atomic E-state index is 12.7. The van der Waals surface area contributed by atoms with Crippen LogP contribution < -0.4 is 10.6 Å². The number of hydrogen-bond acceptors (Lipinski definition) is 5. The van der Waals surface area contributed by atoms with Gasteiger partial charge in [0.2, 0.25) is 5.91 Å². The van der Waals surface area contributed by atoms with Gasteiger partial charge in [0, 0.05) is 30.4 Å². The molecule has 1 aliphatic carbocycles. The first-order valence-electron chi connectivity index (χ1n) is 9.84. The number of benzene rings is 2. The van der Waals surface area contributed by atoms with Gasteiger partial charge in [-0.05, 0) is 56.9 Å². The molecule has 0 aliphatic heterocycles. The molecule has 3 rings (SSSR count). The van der Waals surface area contributed by atoms with Crippen LogP contribution in [0.25, 0.3) is 0 Å². The maximum Gasteiger partial charge on any atom is 0.293 e. The second-order valence-corrected chi connectivity index (χ2v) is 7.89. The smallest absolute Gasteiger partial charge is 0.293 e.